The zero-order chi connectivity index (χ0) is 18.4. The highest BCUT2D eigenvalue weighted by Gasteiger charge is 2.17. The third kappa shape index (κ3) is 4.80. The van der Waals surface area contributed by atoms with Gasteiger partial charge in [0.2, 0.25) is 15.9 Å². The Kier molecular flexibility index (Phi) is 6.17. The molecule has 0 spiro atoms. The van der Waals surface area contributed by atoms with Gasteiger partial charge in [0.1, 0.15) is 5.75 Å². The molecule has 0 fully saturated rings. The SMILES string of the molecule is COc1ccccc1CCC(=O)Nc1cccc(S(=O)(=O)N(C)C)c1. The van der Waals surface area contributed by atoms with Crippen LogP contribution in [0.25, 0.3) is 0 Å². The predicted octanol–water partition coefficient (Wildman–Crippen LogP) is 2.52. The summed E-state index contributed by atoms with van der Waals surface area (Å²) < 4.78 is 30.7. The molecule has 0 aliphatic rings. The fraction of sp³-hybridized carbons (Fsp3) is 0.278. The van der Waals surface area contributed by atoms with Crippen LogP contribution < -0.4 is 10.1 Å². The second-order valence-corrected chi connectivity index (χ2v) is 7.83. The monoisotopic (exact) mass is 362 g/mol. The number of hydrogen-bond donors (Lipinski definition) is 1. The molecule has 7 heteroatoms. The summed E-state index contributed by atoms with van der Waals surface area (Å²) in [5.74, 6) is 0.555. The smallest absolute Gasteiger partial charge is 0.242 e. The molecular weight excluding hydrogens is 340 g/mol. The number of aryl methyl sites for hydroxylation is 1. The minimum Gasteiger partial charge on any atom is -0.496 e. The van der Waals surface area contributed by atoms with Crippen LogP contribution in [-0.4, -0.2) is 39.8 Å². The van der Waals surface area contributed by atoms with Gasteiger partial charge in [0.05, 0.1) is 12.0 Å². The van der Waals surface area contributed by atoms with E-state index in [9.17, 15) is 13.2 Å². The van der Waals surface area contributed by atoms with Gasteiger partial charge in [-0.3, -0.25) is 4.79 Å². The fourth-order valence-electron chi connectivity index (χ4n) is 2.33. The maximum Gasteiger partial charge on any atom is 0.242 e. The first-order chi connectivity index (χ1) is 11.8. The first kappa shape index (κ1) is 19.0. The molecule has 0 heterocycles. The summed E-state index contributed by atoms with van der Waals surface area (Å²) in [6.45, 7) is 0. The Balaban J connectivity index is 2.04. The lowest BCUT2D eigenvalue weighted by molar-refractivity contribution is -0.116. The highest BCUT2D eigenvalue weighted by molar-refractivity contribution is 7.89. The molecule has 0 bridgehead atoms. The average Bonchev–Trinajstić information content (AvgIpc) is 2.60. The molecule has 1 amide bonds. The molecule has 0 atom stereocenters. The number of ether oxygens (including phenoxy) is 1. The molecule has 2 aromatic carbocycles. The van der Waals surface area contributed by atoms with E-state index in [2.05, 4.69) is 5.32 Å². The summed E-state index contributed by atoms with van der Waals surface area (Å²) in [6, 6.07) is 13.8. The highest BCUT2D eigenvalue weighted by Crippen LogP contribution is 2.20. The minimum atomic E-state index is -3.53. The van der Waals surface area contributed by atoms with Gasteiger partial charge in [0, 0.05) is 26.2 Å². The number of nitrogens with one attached hydrogen (secondary N) is 1. The number of amides is 1. The number of para-hydroxylation sites is 1. The Morgan fingerprint density at radius 2 is 1.84 bits per heavy atom. The largest absolute Gasteiger partial charge is 0.496 e. The van der Waals surface area contributed by atoms with E-state index in [1.165, 1.54) is 26.2 Å². The quantitative estimate of drug-likeness (QED) is 0.821. The molecule has 134 valence electrons. The number of carbonyl (C=O) groups is 1. The maximum atomic E-state index is 12.2. The number of rotatable bonds is 7. The van der Waals surface area contributed by atoms with Crippen molar-refractivity contribution in [3.8, 4) is 5.75 Å². The van der Waals surface area contributed by atoms with Gasteiger partial charge in [-0.25, -0.2) is 12.7 Å². The molecule has 1 N–H and O–H groups in total. The summed E-state index contributed by atoms with van der Waals surface area (Å²) in [6.07, 6.45) is 0.802. The minimum absolute atomic E-state index is 0.139. The molecule has 2 rings (SSSR count). The van der Waals surface area contributed by atoms with Crippen LogP contribution in [0.4, 0.5) is 5.69 Å². The zero-order valence-electron chi connectivity index (χ0n) is 14.5. The maximum absolute atomic E-state index is 12.2. The average molecular weight is 362 g/mol. The van der Waals surface area contributed by atoms with E-state index < -0.39 is 10.0 Å². The van der Waals surface area contributed by atoms with Crippen molar-refractivity contribution in [3.63, 3.8) is 0 Å². The van der Waals surface area contributed by atoms with Crippen LogP contribution >= 0.6 is 0 Å². The predicted molar refractivity (Wildman–Crippen MR) is 97.3 cm³/mol. The van der Waals surface area contributed by atoms with Crippen molar-refractivity contribution in [2.24, 2.45) is 0 Å². The normalized spacial score (nSPS) is 11.4. The number of sulfonamides is 1. The van der Waals surface area contributed by atoms with Gasteiger partial charge in [-0.1, -0.05) is 24.3 Å². The first-order valence-corrected chi connectivity index (χ1v) is 9.23. The zero-order valence-corrected chi connectivity index (χ0v) is 15.3. The van der Waals surface area contributed by atoms with E-state index >= 15 is 0 Å². The Morgan fingerprint density at radius 3 is 2.52 bits per heavy atom. The molecule has 0 unspecified atom stereocenters. The molecule has 0 saturated carbocycles. The summed E-state index contributed by atoms with van der Waals surface area (Å²) in [7, 11) is 0.991. The number of hydrogen-bond acceptors (Lipinski definition) is 4. The van der Waals surface area contributed by atoms with E-state index in [4.69, 9.17) is 4.74 Å². The van der Waals surface area contributed by atoms with Gasteiger partial charge < -0.3 is 10.1 Å². The summed E-state index contributed by atoms with van der Waals surface area (Å²) >= 11 is 0. The second kappa shape index (κ2) is 8.13. The van der Waals surface area contributed by atoms with Crippen LogP contribution in [0.2, 0.25) is 0 Å². The Hall–Kier alpha value is -2.38. The Labute approximate surface area is 148 Å². The van der Waals surface area contributed by atoms with Crippen molar-refractivity contribution in [2.45, 2.75) is 17.7 Å². The van der Waals surface area contributed by atoms with Crippen LogP contribution in [-0.2, 0) is 21.2 Å². The lowest BCUT2D eigenvalue weighted by atomic mass is 10.1. The van der Waals surface area contributed by atoms with E-state index in [1.54, 1.807) is 19.2 Å². The molecule has 0 radical (unpaired) electrons. The first-order valence-electron chi connectivity index (χ1n) is 7.79. The van der Waals surface area contributed by atoms with Crippen LogP contribution in [0.15, 0.2) is 53.4 Å². The molecule has 0 aromatic heterocycles. The van der Waals surface area contributed by atoms with Crippen LogP contribution in [0, 0.1) is 0 Å². The number of carbonyl (C=O) groups excluding carboxylic acids is 1. The van der Waals surface area contributed by atoms with Gasteiger partial charge in [0.25, 0.3) is 0 Å². The molecule has 2 aromatic rings. The fourth-order valence-corrected chi connectivity index (χ4v) is 3.27. The summed E-state index contributed by atoms with van der Waals surface area (Å²) in [4.78, 5) is 12.3. The third-order valence-electron chi connectivity index (χ3n) is 3.71. The lowest BCUT2D eigenvalue weighted by Gasteiger charge is -2.13. The topological polar surface area (TPSA) is 75.7 Å². The number of nitrogens with zero attached hydrogens (tertiary/aromatic N) is 1. The number of methoxy groups -OCH3 is 1. The second-order valence-electron chi connectivity index (χ2n) is 5.68. The Bertz CT molecular complexity index is 848. The van der Waals surface area contributed by atoms with Crippen molar-refractivity contribution in [1.82, 2.24) is 4.31 Å². The Morgan fingerprint density at radius 1 is 1.12 bits per heavy atom. The standard InChI is InChI=1S/C18H22N2O4S/c1-20(2)25(22,23)16-9-6-8-15(13-16)19-18(21)12-11-14-7-4-5-10-17(14)24-3/h4-10,13H,11-12H2,1-3H3,(H,19,21). The van der Waals surface area contributed by atoms with Crippen molar-refractivity contribution >= 4 is 21.6 Å². The molecular formula is C18H22N2O4S. The number of anilines is 1. The van der Waals surface area contributed by atoms with E-state index in [-0.39, 0.29) is 17.2 Å². The molecule has 0 aliphatic carbocycles. The van der Waals surface area contributed by atoms with Crippen LogP contribution in [0.1, 0.15) is 12.0 Å². The van der Waals surface area contributed by atoms with Gasteiger partial charge in [0.15, 0.2) is 0 Å². The molecule has 0 saturated heterocycles. The van der Waals surface area contributed by atoms with Gasteiger partial charge in [-0.15, -0.1) is 0 Å². The lowest BCUT2D eigenvalue weighted by Crippen LogP contribution is -2.22. The van der Waals surface area contributed by atoms with E-state index in [0.717, 1.165) is 15.6 Å². The highest BCUT2D eigenvalue weighted by atomic mass is 32.2. The number of benzene rings is 2. The molecule has 25 heavy (non-hydrogen) atoms. The van der Waals surface area contributed by atoms with Gasteiger partial charge >= 0.3 is 0 Å². The van der Waals surface area contributed by atoms with Gasteiger partial charge in [-0.05, 0) is 36.2 Å². The van der Waals surface area contributed by atoms with E-state index in [1.807, 2.05) is 24.3 Å². The third-order valence-corrected chi connectivity index (χ3v) is 5.52. The van der Waals surface area contributed by atoms with Gasteiger partial charge in [-0.2, -0.15) is 0 Å². The van der Waals surface area contributed by atoms with Crippen LogP contribution in [0.5, 0.6) is 5.75 Å². The van der Waals surface area contributed by atoms with Crippen molar-refractivity contribution < 1.29 is 17.9 Å². The summed E-state index contributed by atoms with van der Waals surface area (Å²) in [5.41, 5.74) is 1.40. The van der Waals surface area contributed by atoms with Crippen LogP contribution in [0.3, 0.4) is 0 Å². The van der Waals surface area contributed by atoms with Crippen molar-refractivity contribution in [2.75, 3.05) is 26.5 Å². The van der Waals surface area contributed by atoms with Crippen molar-refractivity contribution in [1.29, 1.82) is 0 Å². The van der Waals surface area contributed by atoms with Crippen molar-refractivity contribution in [3.05, 3.63) is 54.1 Å². The summed E-state index contributed by atoms with van der Waals surface area (Å²) in [5, 5.41) is 2.74. The molecule has 0 aliphatic heterocycles. The molecule has 6 nitrogen and oxygen atoms in total. The van der Waals surface area contributed by atoms with E-state index in [0.29, 0.717) is 12.1 Å².